The zero-order valence-corrected chi connectivity index (χ0v) is 20.4. The van der Waals surface area contributed by atoms with Crippen LogP contribution < -0.4 is 20.6 Å². The quantitative estimate of drug-likeness (QED) is 0.385. The van der Waals surface area contributed by atoms with Gasteiger partial charge in [-0.2, -0.15) is 0 Å². The summed E-state index contributed by atoms with van der Waals surface area (Å²) in [5, 5.41) is 13.2. The third-order valence-corrected chi connectivity index (χ3v) is 6.72. The van der Waals surface area contributed by atoms with Crippen LogP contribution in [0.25, 0.3) is 10.6 Å². The molecular formula is C25H26N7O2S+. The highest BCUT2D eigenvalue weighted by atomic mass is 32.1. The molecule has 0 spiro atoms. The largest absolute Gasteiger partial charge is 0.388 e. The molecule has 1 aliphatic rings. The summed E-state index contributed by atoms with van der Waals surface area (Å²) < 4.78 is 1.52. The maximum absolute atomic E-state index is 12.0. The van der Waals surface area contributed by atoms with Crippen molar-refractivity contribution in [2.24, 2.45) is 0 Å². The fourth-order valence-corrected chi connectivity index (χ4v) is 4.66. The van der Waals surface area contributed by atoms with Gasteiger partial charge in [0.25, 0.3) is 0 Å². The number of hydrogen-bond acceptors (Lipinski definition) is 8. The minimum atomic E-state index is 0.125. The van der Waals surface area contributed by atoms with E-state index in [1.165, 1.54) is 21.6 Å². The molecule has 0 aliphatic carbocycles. The molecule has 178 valence electrons. The van der Waals surface area contributed by atoms with E-state index < -0.39 is 0 Å². The summed E-state index contributed by atoms with van der Waals surface area (Å²) in [6.45, 7) is 2.87. The standard InChI is InChI=1S/C25H25N7O2S/c1-16-29-30-24(35-16)21-14-27-25(32(23(21)26)34-11-10-17-6-4-3-5-7-17)28-20-9-8-18-13-22(33)31(2)15-19(18)12-20/h3-9,12,14H,10-11,13,15H2,1-2H3,(H2,26,27,28,30)/p+1. The number of carbonyl (C=O) groups excluding carboxylic acids is 1. The number of rotatable bonds is 7. The Hall–Kier alpha value is -4.05. The summed E-state index contributed by atoms with van der Waals surface area (Å²) in [6, 6.07) is 16.1. The lowest BCUT2D eigenvalue weighted by atomic mass is 9.99. The minimum absolute atomic E-state index is 0.125. The molecular weight excluding hydrogens is 462 g/mol. The van der Waals surface area contributed by atoms with Gasteiger partial charge in [-0.25, -0.2) is 0 Å². The molecule has 0 radical (unpaired) electrons. The van der Waals surface area contributed by atoms with Crippen LogP contribution in [0.3, 0.4) is 0 Å². The highest BCUT2D eigenvalue weighted by Crippen LogP contribution is 2.28. The van der Waals surface area contributed by atoms with Gasteiger partial charge in [-0.1, -0.05) is 47.7 Å². The number of carbonyl (C=O) groups is 1. The van der Waals surface area contributed by atoms with Gasteiger partial charge in [0.05, 0.1) is 12.1 Å². The van der Waals surface area contributed by atoms with Crippen LogP contribution in [-0.4, -0.2) is 39.6 Å². The van der Waals surface area contributed by atoms with E-state index in [2.05, 4.69) is 32.6 Å². The van der Waals surface area contributed by atoms with Crippen molar-refractivity contribution < 1.29 is 14.4 Å². The molecule has 0 unspecified atom stereocenters. The molecule has 3 N–H and O–H groups in total. The third-order valence-electron chi connectivity index (χ3n) is 5.85. The normalized spacial score (nSPS) is 13.0. The van der Waals surface area contributed by atoms with E-state index >= 15 is 0 Å². The average molecular weight is 489 g/mol. The van der Waals surface area contributed by atoms with Crippen LogP contribution in [0.1, 0.15) is 21.7 Å². The van der Waals surface area contributed by atoms with Crippen molar-refractivity contribution >= 4 is 34.7 Å². The van der Waals surface area contributed by atoms with Crippen molar-refractivity contribution in [1.29, 1.82) is 0 Å². The molecule has 35 heavy (non-hydrogen) atoms. The molecule has 10 heteroatoms. The maximum atomic E-state index is 12.0. The molecule has 3 heterocycles. The first kappa shape index (κ1) is 22.7. The molecule has 0 bridgehead atoms. The molecule has 2 aromatic heterocycles. The van der Waals surface area contributed by atoms with E-state index in [0.29, 0.717) is 48.3 Å². The monoisotopic (exact) mass is 488 g/mol. The predicted molar refractivity (Wildman–Crippen MR) is 134 cm³/mol. The Morgan fingerprint density at radius 1 is 1.17 bits per heavy atom. The van der Waals surface area contributed by atoms with E-state index in [0.717, 1.165) is 21.8 Å². The fraction of sp³-hybridized carbons (Fsp3) is 0.240. The lowest BCUT2D eigenvalue weighted by Crippen LogP contribution is -2.49. The second-order valence-electron chi connectivity index (χ2n) is 8.41. The van der Waals surface area contributed by atoms with Gasteiger partial charge in [-0.05, 0) is 40.5 Å². The second-order valence-corrected chi connectivity index (χ2v) is 9.59. The maximum Gasteiger partial charge on any atom is 0.388 e. The SMILES string of the molecule is Cc1nnc(-c2cnc(Nc3ccc4c(c3)CN(C)C(=O)C4)[n+](OCCc3ccccc3)c2N)s1. The Kier molecular flexibility index (Phi) is 6.28. The first-order chi connectivity index (χ1) is 17.0. The number of aryl methyl sites for hydroxylation is 1. The minimum Gasteiger partial charge on any atom is -0.367 e. The Labute approximate surface area is 207 Å². The number of nitrogens with two attached hydrogens (primary N) is 1. The highest BCUT2D eigenvalue weighted by Gasteiger charge is 2.24. The summed E-state index contributed by atoms with van der Waals surface area (Å²) in [6.07, 6.45) is 2.81. The molecule has 0 saturated carbocycles. The predicted octanol–water partition coefficient (Wildman–Crippen LogP) is 2.71. The van der Waals surface area contributed by atoms with E-state index in [4.69, 9.17) is 10.6 Å². The number of nitrogen functional groups attached to an aromatic ring is 1. The lowest BCUT2D eigenvalue weighted by molar-refractivity contribution is -0.870. The van der Waals surface area contributed by atoms with Gasteiger partial charge < -0.3 is 15.5 Å². The number of fused-ring (bicyclic) bond motifs is 1. The van der Waals surface area contributed by atoms with E-state index in [-0.39, 0.29) is 5.91 Å². The number of amides is 1. The molecule has 4 aromatic rings. The Morgan fingerprint density at radius 3 is 2.77 bits per heavy atom. The molecule has 5 rings (SSSR count). The molecule has 1 amide bonds. The topological polar surface area (TPSA) is 110 Å². The Bertz CT molecular complexity index is 1370. The van der Waals surface area contributed by atoms with Gasteiger partial charge in [0.1, 0.15) is 23.4 Å². The molecule has 1 aliphatic heterocycles. The number of anilines is 3. The second kappa shape index (κ2) is 9.67. The van der Waals surface area contributed by atoms with Gasteiger partial charge in [-0.15, -0.1) is 15.2 Å². The summed E-state index contributed by atoms with van der Waals surface area (Å²) in [4.78, 5) is 24.5. The van der Waals surface area contributed by atoms with Crippen LogP contribution in [0.5, 0.6) is 0 Å². The summed E-state index contributed by atoms with van der Waals surface area (Å²) >= 11 is 1.45. The highest BCUT2D eigenvalue weighted by molar-refractivity contribution is 7.14. The van der Waals surface area contributed by atoms with Gasteiger partial charge >= 0.3 is 5.95 Å². The van der Waals surface area contributed by atoms with Crippen molar-refractivity contribution in [3.8, 4) is 10.6 Å². The number of likely N-dealkylation sites (N-methyl/N-ethyl adjacent to an activating group) is 1. The van der Waals surface area contributed by atoms with Crippen molar-refractivity contribution in [2.75, 3.05) is 24.7 Å². The van der Waals surface area contributed by atoms with Crippen LogP contribution in [0.2, 0.25) is 0 Å². The van der Waals surface area contributed by atoms with Crippen LogP contribution >= 0.6 is 11.3 Å². The summed E-state index contributed by atoms with van der Waals surface area (Å²) in [5.74, 6) is 0.954. The van der Waals surface area contributed by atoms with Crippen molar-refractivity contribution in [3.05, 3.63) is 76.4 Å². The lowest BCUT2D eigenvalue weighted by Gasteiger charge is -2.25. The number of nitrogens with one attached hydrogen (secondary N) is 1. The number of benzene rings is 2. The fourth-order valence-electron chi connectivity index (χ4n) is 3.95. The van der Waals surface area contributed by atoms with E-state index in [1.807, 2.05) is 50.4 Å². The molecule has 0 atom stereocenters. The van der Waals surface area contributed by atoms with Crippen LogP contribution in [0.4, 0.5) is 17.5 Å². The number of aromatic nitrogens is 4. The van der Waals surface area contributed by atoms with Crippen LogP contribution in [-0.2, 0) is 24.2 Å². The summed E-state index contributed by atoms with van der Waals surface area (Å²) in [5.41, 5.74) is 11.4. The molecule has 0 fully saturated rings. The first-order valence-corrected chi connectivity index (χ1v) is 12.1. The average Bonchev–Trinajstić information content (AvgIpc) is 3.28. The summed E-state index contributed by atoms with van der Waals surface area (Å²) in [7, 11) is 1.82. The molecule has 2 aromatic carbocycles. The smallest absolute Gasteiger partial charge is 0.367 e. The van der Waals surface area contributed by atoms with Crippen molar-refractivity contribution in [3.63, 3.8) is 0 Å². The zero-order valence-electron chi connectivity index (χ0n) is 19.6. The third kappa shape index (κ3) is 4.92. The first-order valence-electron chi connectivity index (χ1n) is 11.3. The van der Waals surface area contributed by atoms with Gasteiger partial charge in [-0.3, -0.25) is 10.1 Å². The van der Waals surface area contributed by atoms with Crippen LogP contribution in [0, 0.1) is 6.92 Å². The van der Waals surface area contributed by atoms with Crippen molar-refractivity contribution in [2.45, 2.75) is 26.3 Å². The van der Waals surface area contributed by atoms with E-state index in [9.17, 15) is 4.79 Å². The number of nitrogens with zero attached hydrogens (tertiary/aromatic N) is 5. The molecule has 0 saturated heterocycles. The van der Waals surface area contributed by atoms with E-state index in [1.54, 1.807) is 11.1 Å². The van der Waals surface area contributed by atoms with Gasteiger partial charge in [0.15, 0.2) is 5.01 Å². The van der Waals surface area contributed by atoms with Crippen LogP contribution in [0.15, 0.2) is 54.7 Å². The van der Waals surface area contributed by atoms with Gasteiger partial charge in [0, 0.05) is 20.0 Å². The Balaban J connectivity index is 1.44. The molecule has 9 nitrogen and oxygen atoms in total. The Morgan fingerprint density at radius 2 is 2.00 bits per heavy atom. The number of hydrogen-bond donors (Lipinski definition) is 2. The zero-order chi connectivity index (χ0) is 24.4. The van der Waals surface area contributed by atoms with Crippen molar-refractivity contribution in [1.82, 2.24) is 20.1 Å². The van der Waals surface area contributed by atoms with Gasteiger partial charge in [0.2, 0.25) is 11.7 Å².